The largest absolute Gasteiger partial charge is 0.411 e. The van der Waals surface area contributed by atoms with Crippen LogP contribution in [0.1, 0.15) is 5.56 Å². The molecule has 164 valence electrons. The van der Waals surface area contributed by atoms with Crippen LogP contribution in [0.4, 0.5) is 0 Å². The van der Waals surface area contributed by atoms with E-state index >= 15 is 0 Å². The van der Waals surface area contributed by atoms with Gasteiger partial charge in [0, 0.05) is 31.7 Å². The summed E-state index contributed by atoms with van der Waals surface area (Å²) < 4.78 is 33.0. The third-order valence-corrected chi connectivity index (χ3v) is 9.13. The van der Waals surface area contributed by atoms with Gasteiger partial charge in [0.15, 0.2) is 0 Å². The molecule has 0 atom stereocenters. The van der Waals surface area contributed by atoms with E-state index in [2.05, 4.69) is 10.2 Å². The summed E-state index contributed by atoms with van der Waals surface area (Å²) in [6, 6.07) is 10.8. The number of carbonyl (C=O) groups excluding carboxylic acids is 1. The number of carbonyl (C=O) groups is 1. The quantitative estimate of drug-likeness (QED) is 0.480. The van der Waals surface area contributed by atoms with Gasteiger partial charge in [-0.3, -0.25) is 4.79 Å². The average Bonchev–Trinajstić information content (AvgIpc) is 3.42. The van der Waals surface area contributed by atoms with Gasteiger partial charge in [-0.2, -0.15) is 4.31 Å². The number of aryl methyl sites for hydroxylation is 1. The van der Waals surface area contributed by atoms with Gasteiger partial charge in [0.05, 0.1) is 10.1 Å². The lowest BCUT2D eigenvalue weighted by Crippen LogP contribution is -2.50. The van der Waals surface area contributed by atoms with E-state index in [4.69, 9.17) is 16.0 Å². The number of hydrogen-bond acceptors (Lipinski definition) is 8. The molecule has 0 saturated carbocycles. The summed E-state index contributed by atoms with van der Waals surface area (Å²) >= 11 is 8.06. The Kier molecular flexibility index (Phi) is 6.68. The molecule has 0 radical (unpaired) electrons. The van der Waals surface area contributed by atoms with Crippen LogP contribution in [0.5, 0.6) is 0 Å². The second kappa shape index (κ2) is 9.29. The van der Waals surface area contributed by atoms with E-state index in [0.29, 0.717) is 28.5 Å². The van der Waals surface area contributed by atoms with E-state index in [1.165, 1.54) is 22.1 Å². The highest BCUT2D eigenvalue weighted by molar-refractivity contribution is 7.99. The van der Waals surface area contributed by atoms with Crippen molar-refractivity contribution in [2.45, 2.75) is 16.4 Å². The molecule has 1 fully saturated rings. The number of rotatable bonds is 6. The predicted molar refractivity (Wildman–Crippen MR) is 120 cm³/mol. The molecule has 1 aliphatic heterocycles. The Hall–Kier alpha value is -1.92. The molecule has 0 aliphatic carbocycles. The lowest BCUT2D eigenvalue weighted by atomic mass is 10.1. The summed E-state index contributed by atoms with van der Waals surface area (Å²) in [5.74, 6) is 0.450. The van der Waals surface area contributed by atoms with Crippen LogP contribution in [-0.2, 0) is 14.8 Å². The number of hydrogen-bond donors (Lipinski definition) is 0. The van der Waals surface area contributed by atoms with E-state index in [1.807, 2.05) is 31.2 Å². The molecule has 0 unspecified atom stereocenters. The molecule has 1 aromatic carbocycles. The van der Waals surface area contributed by atoms with E-state index in [-0.39, 0.29) is 29.0 Å². The fourth-order valence-electron chi connectivity index (χ4n) is 3.12. The van der Waals surface area contributed by atoms with Gasteiger partial charge in [0.2, 0.25) is 11.8 Å². The minimum atomic E-state index is -3.58. The van der Waals surface area contributed by atoms with Crippen molar-refractivity contribution >= 4 is 50.6 Å². The van der Waals surface area contributed by atoms with Crippen LogP contribution in [0.3, 0.4) is 0 Å². The molecule has 4 rings (SSSR count). The highest BCUT2D eigenvalue weighted by atomic mass is 35.5. The van der Waals surface area contributed by atoms with Crippen LogP contribution >= 0.6 is 34.7 Å². The van der Waals surface area contributed by atoms with E-state index < -0.39 is 10.0 Å². The molecule has 1 aliphatic rings. The lowest BCUT2D eigenvalue weighted by molar-refractivity contribution is -0.129. The summed E-state index contributed by atoms with van der Waals surface area (Å²) in [5, 5.41) is 8.36. The summed E-state index contributed by atoms with van der Waals surface area (Å²) in [5.41, 5.74) is 1.92. The standard InChI is InChI=1S/C19H19ClN4O4S3/c1-13-3-2-4-14(11-13)18-21-22-19(28-18)29-12-16(25)23-7-9-24(10-8-23)31(26,27)17-6-5-15(20)30-17/h2-6,11H,7-10,12H2,1H3. The topological polar surface area (TPSA) is 96.6 Å². The SMILES string of the molecule is Cc1cccc(-c2nnc(SCC(=O)N3CCN(S(=O)(=O)c4ccc(Cl)s4)CC3)o2)c1. The van der Waals surface area contributed by atoms with E-state index in [9.17, 15) is 13.2 Å². The Morgan fingerprint density at radius 1 is 1.19 bits per heavy atom. The molecule has 0 spiro atoms. The van der Waals surface area contributed by atoms with E-state index in [0.717, 1.165) is 22.5 Å². The first-order valence-electron chi connectivity index (χ1n) is 9.39. The zero-order valence-electron chi connectivity index (χ0n) is 16.5. The van der Waals surface area contributed by atoms with Crippen LogP contribution in [0, 0.1) is 6.92 Å². The van der Waals surface area contributed by atoms with Gasteiger partial charge in [-0.15, -0.1) is 21.5 Å². The van der Waals surface area contributed by atoms with Gasteiger partial charge in [0.1, 0.15) is 4.21 Å². The minimum absolute atomic E-state index is 0.100. The van der Waals surface area contributed by atoms with Crippen molar-refractivity contribution in [3.63, 3.8) is 0 Å². The van der Waals surface area contributed by atoms with Gasteiger partial charge in [0.25, 0.3) is 15.2 Å². The van der Waals surface area contributed by atoms with Gasteiger partial charge >= 0.3 is 0 Å². The van der Waals surface area contributed by atoms with Gasteiger partial charge in [-0.1, -0.05) is 41.1 Å². The molecular weight excluding hydrogens is 480 g/mol. The van der Waals surface area contributed by atoms with Crippen molar-refractivity contribution in [1.29, 1.82) is 0 Å². The molecule has 31 heavy (non-hydrogen) atoms. The fourth-order valence-corrected chi connectivity index (χ4v) is 6.84. The van der Waals surface area contributed by atoms with Crippen molar-refractivity contribution in [2.75, 3.05) is 31.9 Å². The number of aromatic nitrogens is 2. The number of benzene rings is 1. The summed E-state index contributed by atoms with van der Waals surface area (Å²) in [6.45, 7) is 3.12. The van der Waals surface area contributed by atoms with Crippen molar-refractivity contribution < 1.29 is 17.6 Å². The Morgan fingerprint density at radius 2 is 1.97 bits per heavy atom. The normalized spacial score (nSPS) is 15.4. The average molecular weight is 499 g/mol. The molecule has 0 N–H and O–H groups in total. The van der Waals surface area contributed by atoms with Crippen LogP contribution in [0.25, 0.3) is 11.5 Å². The zero-order valence-corrected chi connectivity index (χ0v) is 19.7. The first kappa shape index (κ1) is 22.3. The first-order chi connectivity index (χ1) is 14.8. The van der Waals surface area contributed by atoms with Crippen LogP contribution in [0.2, 0.25) is 4.34 Å². The Bertz CT molecular complexity index is 1190. The second-order valence-electron chi connectivity index (χ2n) is 6.87. The molecule has 3 heterocycles. The maximum atomic E-state index is 12.7. The number of thiophene rings is 1. The van der Waals surface area contributed by atoms with Gasteiger partial charge in [-0.25, -0.2) is 8.42 Å². The molecule has 1 amide bonds. The van der Waals surface area contributed by atoms with Crippen LogP contribution in [0.15, 0.2) is 50.2 Å². The monoisotopic (exact) mass is 498 g/mol. The third-order valence-electron chi connectivity index (χ3n) is 4.72. The summed E-state index contributed by atoms with van der Waals surface area (Å²) in [7, 11) is -3.58. The molecule has 12 heteroatoms. The summed E-state index contributed by atoms with van der Waals surface area (Å²) in [6.07, 6.45) is 0. The van der Waals surface area contributed by atoms with Crippen LogP contribution in [-0.4, -0.2) is 65.7 Å². The van der Waals surface area contributed by atoms with E-state index in [1.54, 1.807) is 11.0 Å². The first-order valence-corrected chi connectivity index (χ1v) is 13.0. The number of piperazine rings is 1. The Morgan fingerprint density at radius 3 is 2.65 bits per heavy atom. The predicted octanol–water partition coefficient (Wildman–Crippen LogP) is 3.39. The third kappa shape index (κ3) is 5.12. The van der Waals surface area contributed by atoms with Crippen molar-refractivity contribution in [2.24, 2.45) is 0 Å². The molecule has 3 aromatic rings. The molecular formula is C19H19ClN4O4S3. The number of halogens is 1. The molecule has 2 aromatic heterocycles. The number of sulfonamides is 1. The Labute approximate surface area is 193 Å². The number of thioether (sulfide) groups is 1. The maximum absolute atomic E-state index is 12.7. The molecule has 0 bridgehead atoms. The molecule has 8 nitrogen and oxygen atoms in total. The Balaban J connectivity index is 1.30. The highest BCUT2D eigenvalue weighted by Gasteiger charge is 2.31. The zero-order chi connectivity index (χ0) is 22.0. The second-order valence-corrected chi connectivity index (χ2v) is 11.7. The highest BCUT2D eigenvalue weighted by Crippen LogP contribution is 2.29. The lowest BCUT2D eigenvalue weighted by Gasteiger charge is -2.33. The van der Waals surface area contributed by atoms with Gasteiger partial charge in [-0.05, 0) is 31.2 Å². The smallest absolute Gasteiger partial charge is 0.277 e. The van der Waals surface area contributed by atoms with Crippen molar-refractivity contribution in [3.05, 3.63) is 46.3 Å². The van der Waals surface area contributed by atoms with Crippen molar-refractivity contribution in [3.8, 4) is 11.5 Å². The molecule has 1 saturated heterocycles. The van der Waals surface area contributed by atoms with Gasteiger partial charge < -0.3 is 9.32 Å². The van der Waals surface area contributed by atoms with Crippen LogP contribution < -0.4 is 0 Å². The fraction of sp³-hybridized carbons (Fsp3) is 0.316. The summed E-state index contributed by atoms with van der Waals surface area (Å²) in [4.78, 5) is 14.2. The number of nitrogens with zero attached hydrogens (tertiary/aromatic N) is 4. The minimum Gasteiger partial charge on any atom is -0.411 e. The maximum Gasteiger partial charge on any atom is 0.277 e. The van der Waals surface area contributed by atoms with Crippen molar-refractivity contribution in [1.82, 2.24) is 19.4 Å². The number of amides is 1.